The molecule has 0 radical (unpaired) electrons. The minimum Gasteiger partial charge on any atom is -0.493 e. The van der Waals surface area contributed by atoms with Crippen molar-refractivity contribution in [3.05, 3.63) is 76.9 Å². The van der Waals surface area contributed by atoms with Crippen LogP contribution in [0.25, 0.3) is 11.3 Å². The van der Waals surface area contributed by atoms with Gasteiger partial charge in [-0.2, -0.15) is 5.26 Å². The summed E-state index contributed by atoms with van der Waals surface area (Å²) in [6.07, 6.45) is 5.93. The second-order valence-electron chi connectivity index (χ2n) is 13.0. The first-order valence-electron chi connectivity index (χ1n) is 16.9. The highest BCUT2D eigenvalue weighted by molar-refractivity contribution is 7.17. The van der Waals surface area contributed by atoms with Gasteiger partial charge in [-0.05, 0) is 62.6 Å². The number of halogens is 1. The number of carbonyl (C=O) groups excluding carboxylic acids is 2. The molecule has 2 saturated heterocycles. The molecule has 15 heteroatoms. The number of benzene rings is 1. The number of pyridine rings is 2. The molecule has 0 bridgehead atoms. The van der Waals surface area contributed by atoms with Gasteiger partial charge in [0.2, 0.25) is 5.91 Å². The fourth-order valence-electron chi connectivity index (χ4n) is 6.38. The Bertz CT molecular complexity index is 2000. The van der Waals surface area contributed by atoms with E-state index in [1.807, 2.05) is 38.1 Å². The molecule has 0 spiro atoms. The largest absolute Gasteiger partial charge is 0.493 e. The van der Waals surface area contributed by atoms with Crippen LogP contribution in [0.2, 0.25) is 5.02 Å². The van der Waals surface area contributed by atoms with Crippen LogP contribution in [0.1, 0.15) is 41.4 Å². The number of amides is 2. The Hall–Kier alpha value is -5.23. The number of anilines is 5. The first kappa shape index (κ1) is 36.6. The maximum atomic E-state index is 13.1. The highest BCUT2D eigenvalue weighted by atomic mass is 35.5. The quantitative estimate of drug-likeness (QED) is 0.163. The Balaban J connectivity index is 1.30. The zero-order valence-corrected chi connectivity index (χ0v) is 30.8. The SMILES string of the molecule is C=CC(=O)N1CCN(c2ncc(-c3ccc(OC)c(Nc4ncc(C(=O)Nc5c(C)cccc5Cl)s4)n3)cc2N2CCC(C)(O)CC2)C(CC#N)C1. The van der Waals surface area contributed by atoms with Crippen molar-refractivity contribution in [3.8, 4) is 23.1 Å². The number of nitriles is 1. The van der Waals surface area contributed by atoms with Gasteiger partial charge in [-0.1, -0.05) is 41.6 Å². The van der Waals surface area contributed by atoms with E-state index in [4.69, 9.17) is 26.3 Å². The summed E-state index contributed by atoms with van der Waals surface area (Å²) in [5, 5.41) is 27.4. The van der Waals surface area contributed by atoms with Gasteiger partial charge in [0.25, 0.3) is 5.91 Å². The van der Waals surface area contributed by atoms with E-state index in [1.54, 1.807) is 30.3 Å². The van der Waals surface area contributed by atoms with Crippen LogP contribution in [-0.2, 0) is 4.79 Å². The number of aryl methyl sites for hydroxylation is 1. The lowest BCUT2D eigenvalue weighted by Gasteiger charge is -2.44. The minimum absolute atomic E-state index is 0.163. The number of aliphatic hydroxyl groups is 1. The number of methoxy groups -OCH3 is 1. The summed E-state index contributed by atoms with van der Waals surface area (Å²) in [5.74, 6) is 1.09. The normalized spacial score (nSPS) is 16.9. The Morgan fingerprint density at radius 1 is 1.19 bits per heavy atom. The molecule has 1 atom stereocenters. The number of para-hydroxylation sites is 1. The van der Waals surface area contributed by atoms with Gasteiger partial charge in [0.15, 0.2) is 22.5 Å². The van der Waals surface area contributed by atoms with Crippen molar-refractivity contribution in [2.75, 3.05) is 60.3 Å². The third-order valence-electron chi connectivity index (χ3n) is 9.39. The number of thiazole rings is 1. The summed E-state index contributed by atoms with van der Waals surface area (Å²) in [5.41, 5.74) is 2.85. The minimum atomic E-state index is -0.760. The zero-order chi connectivity index (χ0) is 37.0. The number of rotatable bonds is 10. The molecule has 2 amide bonds. The number of nitrogens with zero attached hydrogens (tertiary/aromatic N) is 7. The fourth-order valence-corrected chi connectivity index (χ4v) is 7.36. The summed E-state index contributed by atoms with van der Waals surface area (Å²) in [4.78, 5) is 46.2. The number of hydrogen-bond donors (Lipinski definition) is 3. The Morgan fingerprint density at radius 3 is 2.69 bits per heavy atom. The van der Waals surface area contributed by atoms with Crippen LogP contribution < -0.4 is 25.2 Å². The molecule has 13 nitrogen and oxygen atoms in total. The molecule has 3 aromatic heterocycles. The third-order valence-corrected chi connectivity index (χ3v) is 10.6. The Kier molecular flexibility index (Phi) is 10.9. The van der Waals surface area contributed by atoms with E-state index in [-0.39, 0.29) is 24.3 Å². The molecular formula is C37H40ClN9O4S. The monoisotopic (exact) mass is 741 g/mol. The number of nitrogens with one attached hydrogen (secondary N) is 2. The van der Waals surface area contributed by atoms with Crippen molar-refractivity contribution < 1.29 is 19.4 Å². The van der Waals surface area contributed by atoms with Crippen molar-refractivity contribution >= 4 is 62.9 Å². The van der Waals surface area contributed by atoms with Gasteiger partial charge in [-0.3, -0.25) is 9.59 Å². The first-order chi connectivity index (χ1) is 25.0. The van der Waals surface area contributed by atoms with Crippen molar-refractivity contribution in [1.29, 1.82) is 5.26 Å². The Morgan fingerprint density at radius 2 is 1.98 bits per heavy atom. The molecule has 3 N–H and O–H groups in total. The van der Waals surface area contributed by atoms with Gasteiger partial charge in [-0.15, -0.1) is 0 Å². The van der Waals surface area contributed by atoms with E-state index < -0.39 is 5.60 Å². The van der Waals surface area contributed by atoms with Crippen LogP contribution in [-0.4, -0.2) is 88.2 Å². The van der Waals surface area contributed by atoms with Crippen LogP contribution in [0.3, 0.4) is 0 Å². The average molecular weight is 742 g/mol. The van der Waals surface area contributed by atoms with Gasteiger partial charge in [0, 0.05) is 44.5 Å². The van der Waals surface area contributed by atoms with Crippen molar-refractivity contribution in [1.82, 2.24) is 19.9 Å². The maximum Gasteiger partial charge on any atom is 0.267 e. The number of hydrogen-bond acceptors (Lipinski definition) is 12. The molecule has 1 unspecified atom stereocenters. The molecule has 4 aromatic rings. The van der Waals surface area contributed by atoms with Gasteiger partial charge in [-0.25, -0.2) is 15.0 Å². The third kappa shape index (κ3) is 7.97. The van der Waals surface area contributed by atoms with Crippen LogP contribution in [0.4, 0.5) is 28.1 Å². The highest BCUT2D eigenvalue weighted by Gasteiger charge is 2.34. The lowest BCUT2D eigenvalue weighted by atomic mass is 9.93. The van der Waals surface area contributed by atoms with E-state index >= 15 is 0 Å². The second-order valence-corrected chi connectivity index (χ2v) is 14.5. The lowest BCUT2D eigenvalue weighted by Crippen LogP contribution is -2.55. The highest BCUT2D eigenvalue weighted by Crippen LogP contribution is 2.38. The van der Waals surface area contributed by atoms with Gasteiger partial charge >= 0.3 is 0 Å². The molecule has 5 heterocycles. The zero-order valence-electron chi connectivity index (χ0n) is 29.2. The summed E-state index contributed by atoms with van der Waals surface area (Å²) in [6.45, 7) is 9.93. The molecular weight excluding hydrogens is 702 g/mol. The van der Waals surface area contributed by atoms with Gasteiger partial charge < -0.3 is 35.2 Å². The summed E-state index contributed by atoms with van der Waals surface area (Å²) in [7, 11) is 1.55. The second kappa shape index (κ2) is 15.6. The number of ether oxygens (including phenoxy) is 1. The van der Waals surface area contributed by atoms with Crippen LogP contribution >= 0.6 is 22.9 Å². The standard InChI is InChI=1S/C37H40ClN9O4S/c1-5-31(48)46-17-18-47(25(22-46)11-14-39)34-28(45-15-12-37(3,50)13-16-45)19-24(20-40-34)27-9-10-29(51-4)33(42-27)44-36-41-21-30(52-36)35(49)43-32-23(2)7-6-8-26(32)38/h5-10,19-21,25,50H,1,11-13,15-18,22H2,2-4H3,(H,43,49)(H,41,42,44). The van der Waals surface area contributed by atoms with E-state index in [2.05, 4.69) is 38.1 Å². The molecule has 2 aliphatic rings. The number of carbonyl (C=O) groups is 2. The smallest absolute Gasteiger partial charge is 0.267 e. The van der Waals surface area contributed by atoms with Gasteiger partial charge in [0.1, 0.15) is 4.88 Å². The average Bonchev–Trinajstić information content (AvgIpc) is 3.61. The fraction of sp³-hybridized carbons (Fsp3) is 0.351. The van der Waals surface area contributed by atoms with Gasteiger partial charge in [0.05, 0.1) is 59.5 Å². The maximum absolute atomic E-state index is 13.1. The lowest BCUT2D eigenvalue weighted by molar-refractivity contribution is -0.126. The van der Waals surface area contributed by atoms with Crippen LogP contribution in [0.5, 0.6) is 5.75 Å². The van der Waals surface area contributed by atoms with Crippen molar-refractivity contribution in [3.63, 3.8) is 0 Å². The Labute approximate surface area is 311 Å². The summed E-state index contributed by atoms with van der Waals surface area (Å²) in [6, 6.07) is 13.1. The summed E-state index contributed by atoms with van der Waals surface area (Å²) >= 11 is 7.48. The van der Waals surface area contributed by atoms with E-state index in [0.29, 0.717) is 89.4 Å². The van der Waals surface area contributed by atoms with E-state index in [1.165, 1.54) is 12.3 Å². The number of piperazine rings is 1. The molecule has 0 saturated carbocycles. The predicted molar refractivity (Wildman–Crippen MR) is 204 cm³/mol. The van der Waals surface area contributed by atoms with Crippen LogP contribution in [0, 0.1) is 18.3 Å². The predicted octanol–water partition coefficient (Wildman–Crippen LogP) is 6.03. The first-order valence-corrected chi connectivity index (χ1v) is 18.1. The summed E-state index contributed by atoms with van der Waals surface area (Å²) < 4.78 is 5.62. The molecule has 1 aromatic carbocycles. The number of aromatic nitrogens is 3. The number of piperidine rings is 1. The molecule has 6 rings (SSSR count). The van der Waals surface area contributed by atoms with Crippen molar-refractivity contribution in [2.24, 2.45) is 0 Å². The van der Waals surface area contributed by atoms with Crippen molar-refractivity contribution in [2.45, 2.75) is 44.8 Å². The topological polar surface area (TPSA) is 160 Å². The molecule has 0 aliphatic carbocycles. The van der Waals surface area contributed by atoms with E-state index in [9.17, 15) is 20.0 Å². The van der Waals surface area contributed by atoms with Crippen LogP contribution in [0.15, 0.2) is 61.4 Å². The molecule has 270 valence electrons. The molecule has 2 fully saturated rings. The van der Waals surface area contributed by atoms with E-state index in [0.717, 1.165) is 28.2 Å². The molecule has 2 aliphatic heterocycles. The molecule has 52 heavy (non-hydrogen) atoms.